The molecule has 0 atom stereocenters. The molecule has 0 amide bonds. The van der Waals surface area contributed by atoms with Gasteiger partial charge in [-0.3, -0.25) is 0 Å². The molecule has 0 bridgehead atoms. The summed E-state index contributed by atoms with van der Waals surface area (Å²) in [6.45, 7) is 1.58. The summed E-state index contributed by atoms with van der Waals surface area (Å²) in [5, 5.41) is 0. The molecular weight excluding hydrogens is 291 g/mol. The van der Waals surface area contributed by atoms with Gasteiger partial charge in [0, 0.05) is 0 Å². The number of halogens is 9. The third kappa shape index (κ3) is 3.56. The summed E-state index contributed by atoms with van der Waals surface area (Å²) < 4.78 is 112. The van der Waals surface area contributed by atoms with E-state index in [9.17, 15) is 39.5 Å². The Kier molecular flexibility index (Phi) is 5.36. The first kappa shape index (κ1) is 18.1. The smallest absolute Gasteiger partial charge is 0.170 e. The van der Waals surface area contributed by atoms with Gasteiger partial charge in [-0.1, -0.05) is 25.5 Å². The SMILES string of the molecule is CCCC=CCC(C(F)(F)F)(C(F)(F)F)C(F)(F)F. The minimum absolute atomic E-state index is 0.101. The van der Waals surface area contributed by atoms with Gasteiger partial charge in [-0.2, -0.15) is 39.5 Å². The number of allylic oxidation sites excluding steroid dienone is 2. The Bertz CT molecular complexity index is 268. The second kappa shape index (κ2) is 5.62. The maximum atomic E-state index is 12.4. The van der Waals surface area contributed by atoms with Crippen LogP contribution in [0, 0.1) is 5.41 Å². The lowest BCUT2D eigenvalue weighted by Crippen LogP contribution is -2.59. The molecule has 0 aromatic heterocycles. The average molecular weight is 302 g/mol. The molecule has 9 heteroatoms. The van der Waals surface area contributed by atoms with Crippen LogP contribution in [0.15, 0.2) is 12.2 Å². The molecule has 0 aliphatic heterocycles. The summed E-state index contributed by atoms with van der Waals surface area (Å²) in [5.74, 6) is 0. The van der Waals surface area contributed by atoms with E-state index in [1.165, 1.54) is 0 Å². The summed E-state index contributed by atoms with van der Waals surface area (Å²) in [7, 11) is 0. The molecule has 0 N–H and O–H groups in total. The predicted octanol–water partition coefficient (Wildman–Crippen LogP) is 5.41. The van der Waals surface area contributed by atoms with E-state index in [1.54, 1.807) is 6.92 Å². The number of alkyl halides is 9. The van der Waals surface area contributed by atoms with E-state index in [2.05, 4.69) is 0 Å². The Balaban J connectivity index is 5.69. The molecule has 19 heavy (non-hydrogen) atoms. The van der Waals surface area contributed by atoms with Crippen molar-refractivity contribution in [3.8, 4) is 0 Å². The van der Waals surface area contributed by atoms with Gasteiger partial charge in [0.1, 0.15) is 0 Å². The number of hydrogen-bond donors (Lipinski definition) is 0. The van der Waals surface area contributed by atoms with Crippen LogP contribution in [0.4, 0.5) is 39.5 Å². The summed E-state index contributed by atoms with van der Waals surface area (Å²) in [6.07, 6.45) is -20.0. The largest absolute Gasteiger partial charge is 0.412 e. The number of unbranched alkanes of at least 4 members (excludes halogenated alkanes) is 1. The average Bonchev–Trinajstić information content (AvgIpc) is 2.10. The highest BCUT2D eigenvalue weighted by molar-refractivity contribution is 5.04. The first-order valence-corrected chi connectivity index (χ1v) is 5.16. The molecule has 0 heterocycles. The quantitative estimate of drug-likeness (QED) is 0.481. The van der Waals surface area contributed by atoms with E-state index in [1.807, 2.05) is 0 Å². The molecular formula is C10H11F9. The zero-order valence-corrected chi connectivity index (χ0v) is 9.68. The second-order valence-electron chi connectivity index (χ2n) is 3.86. The van der Waals surface area contributed by atoms with Crippen LogP contribution in [0.1, 0.15) is 26.2 Å². The summed E-state index contributed by atoms with van der Waals surface area (Å²) in [5.41, 5.74) is -5.72. The van der Waals surface area contributed by atoms with Crippen LogP contribution in [-0.2, 0) is 0 Å². The highest BCUT2D eigenvalue weighted by Crippen LogP contribution is 2.61. The van der Waals surface area contributed by atoms with E-state index < -0.39 is 30.4 Å². The highest BCUT2D eigenvalue weighted by atomic mass is 19.4. The predicted molar refractivity (Wildman–Crippen MR) is 49.3 cm³/mol. The Hall–Kier alpha value is -0.890. The van der Waals surface area contributed by atoms with Crippen LogP contribution in [-0.4, -0.2) is 18.5 Å². The van der Waals surface area contributed by atoms with Crippen LogP contribution in [0.5, 0.6) is 0 Å². The van der Waals surface area contributed by atoms with Crippen molar-refractivity contribution in [1.82, 2.24) is 0 Å². The molecule has 0 aliphatic carbocycles. The van der Waals surface area contributed by atoms with Crippen LogP contribution in [0.25, 0.3) is 0 Å². The van der Waals surface area contributed by atoms with Crippen LogP contribution >= 0.6 is 0 Å². The van der Waals surface area contributed by atoms with Crippen molar-refractivity contribution in [1.29, 1.82) is 0 Å². The van der Waals surface area contributed by atoms with Crippen molar-refractivity contribution in [2.75, 3.05) is 0 Å². The standard InChI is InChI=1S/C10H11F9/c1-2-3-4-5-6-7(8(11,12)13,9(14,15)16)10(17,18)19/h4-5H,2-3,6H2,1H3. The topological polar surface area (TPSA) is 0 Å². The Morgan fingerprint density at radius 3 is 1.32 bits per heavy atom. The monoisotopic (exact) mass is 302 g/mol. The van der Waals surface area contributed by atoms with Gasteiger partial charge in [0.25, 0.3) is 5.41 Å². The van der Waals surface area contributed by atoms with Crippen molar-refractivity contribution < 1.29 is 39.5 Å². The molecule has 0 saturated carbocycles. The zero-order chi connectivity index (χ0) is 15.5. The molecule has 0 rings (SSSR count). The second-order valence-corrected chi connectivity index (χ2v) is 3.86. The third-order valence-corrected chi connectivity index (χ3v) is 2.50. The number of hydrogen-bond acceptors (Lipinski definition) is 0. The van der Waals surface area contributed by atoms with Crippen molar-refractivity contribution in [2.24, 2.45) is 5.41 Å². The van der Waals surface area contributed by atoms with E-state index in [0.717, 1.165) is 6.08 Å². The maximum Gasteiger partial charge on any atom is 0.412 e. The molecule has 114 valence electrons. The highest BCUT2D eigenvalue weighted by Gasteiger charge is 2.82. The van der Waals surface area contributed by atoms with Gasteiger partial charge < -0.3 is 0 Å². The fourth-order valence-corrected chi connectivity index (χ4v) is 1.37. The lowest BCUT2D eigenvalue weighted by atomic mass is 9.81. The van der Waals surface area contributed by atoms with Gasteiger partial charge in [-0.15, -0.1) is 0 Å². The molecule has 0 aromatic carbocycles. The summed E-state index contributed by atoms with van der Waals surface area (Å²) in [4.78, 5) is 0. The van der Waals surface area contributed by atoms with Gasteiger partial charge in [-0.05, 0) is 12.8 Å². The molecule has 0 aliphatic rings. The first-order chi connectivity index (χ1) is 8.31. The van der Waals surface area contributed by atoms with Gasteiger partial charge >= 0.3 is 18.5 Å². The normalized spacial score (nSPS) is 15.3. The van der Waals surface area contributed by atoms with Crippen LogP contribution < -0.4 is 0 Å². The van der Waals surface area contributed by atoms with E-state index >= 15 is 0 Å². The zero-order valence-electron chi connectivity index (χ0n) is 9.68. The minimum Gasteiger partial charge on any atom is -0.170 e. The molecule has 0 saturated heterocycles. The van der Waals surface area contributed by atoms with Gasteiger partial charge in [0.15, 0.2) is 0 Å². The van der Waals surface area contributed by atoms with Gasteiger partial charge in [0.05, 0.1) is 0 Å². The number of rotatable bonds is 4. The lowest BCUT2D eigenvalue weighted by molar-refractivity contribution is -0.425. The Labute approximate surface area is 103 Å². The minimum atomic E-state index is -6.47. The molecule has 0 spiro atoms. The molecule has 0 aromatic rings. The third-order valence-electron chi connectivity index (χ3n) is 2.50. The summed E-state index contributed by atoms with van der Waals surface area (Å²) >= 11 is 0. The molecule has 0 nitrogen and oxygen atoms in total. The fourth-order valence-electron chi connectivity index (χ4n) is 1.37. The van der Waals surface area contributed by atoms with Crippen LogP contribution in [0.3, 0.4) is 0 Å². The first-order valence-electron chi connectivity index (χ1n) is 5.16. The fraction of sp³-hybridized carbons (Fsp3) is 0.800. The van der Waals surface area contributed by atoms with Crippen molar-refractivity contribution in [2.45, 2.75) is 44.7 Å². The van der Waals surface area contributed by atoms with Crippen molar-refractivity contribution in [3.05, 3.63) is 12.2 Å². The van der Waals surface area contributed by atoms with Crippen molar-refractivity contribution >= 4 is 0 Å². The molecule has 0 unspecified atom stereocenters. The lowest BCUT2D eigenvalue weighted by Gasteiger charge is -2.37. The Morgan fingerprint density at radius 2 is 1.05 bits per heavy atom. The molecule has 0 radical (unpaired) electrons. The van der Waals surface area contributed by atoms with Gasteiger partial charge in [0.2, 0.25) is 0 Å². The van der Waals surface area contributed by atoms with E-state index in [4.69, 9.17) is 0 Å². The molecule has 0 fully saturated rings. The van der Waals surface area contributed by atoms with E-state index in [0.29, 0.717) is 6.42 Å². The van der Waals surface area contributed by atoms with Gasteiger partial charge in [-0.25, -0.2) is 0 Å². The van der Waals surface area contributed by atoms with E-state index in [-0.39, 0.29) is 12.5 Å². The van der Waals surface area contributed by atoms with Crippen molar-refractivity contribution in [3.63, 3.8) is 0 Å². The summed E-state index contributed by atoms with van der Waals surface area (Å²) in [6, 6.07) is 0. The Morgan fingerprint density at radius 1 is 0.684 bits per heavy atom. The maximum absolute atomic E-state index is 12.4. The van der Waals surface area contributed by atoms with Crippen LogP contribution in [0.2, 0.25) is 0 Å².